The second-order valence-corrected chi connectivity index (χ2v) is 6.82. The predicted octanol–water partition coefficient (Wildman–Crippen LogP) is 1.79. The maximum Gasteiger partial charge on any atom is 0.223 e. The molecule has 3 aliphatic rings. The lowest BCUT2D eigenvalue weighted by Crippen LogP contribution is -2.60. The Balaban J connectivity index is 1.62. The van der Waals surface area contributed by atoms with Crippen LogP contribution < -0.4 is 10.6 Å². The van der Waals surface area contributed by atoms with E-state index in [0.29, 0.717) is 24.0 Å². The molecule has 4 nitrogen and oxygen atoms in total. The number of piperidine rings is 2. The zero-order chi connectivity index (χ0) is 14.1. The number of thiocarbonyl (C=S) groups is 1. The summed E-state index contributed by atoms with van der Waals surface area (Å²) in [6.07, 6.45) is 7.99. The Kier molecular flexibility index (Phi) is 4.15. The van der Waals surface area contributed by atoms with E-state index < -0.39 is 0 Å². The summed E-state index contributed by atoms with van der Waals surface area (Å²) in [7, 11) is 0. The van der Waals surface area contributed by atoms with E-state index in [9.17, 15) is 4.79 Å². The zero-order valence-electron chi connectivity index (χ0n) is 12.2. The fourth-order valence-corrected chi connectivity index (χ4v) is 4.18. The molecule has 2 heterocycles. The Morgan fingerprint density at radius 3 is 2.40 bits per heavy atom. The summed E-state index contributed by atoms with van der Waals surface area (Å²) in [4.78, 5) is 14.4. The molecule has 3 fully saturated rings. The highest BCUT2D eigenvalue weighted by Gasteiger charge is 2.41. The molecule has 0 aromatic carbocycles. The van der Waals surface area contributed by atoms with Gasteiger partial charge in [-0.15, -0.1) is 0 Å². The normalized spacial score (nSPS) is 32.6. The van der Waals surface area contributed by atoms with Crippen LogP contribution in [0.2, 0.25) is 0 Å². The van der Waals surface area contributed by atoms with Crippen LogP contribution in [0.15, 0.2) is 0 Å². The van der Waals surface area contributed by atoms with E-state index in [-0.39, 0.29) is 5.91 Å². The van der Waals surface area contributed by atoms with E-state index in [2.05, 4.69) is 22.5 Å². The number of nitrogens with zero attached hydrogens (tertiary/aromatic N) is 1. The molecule has 2 saturated heterocycles. The molecule has 5 heteroatoms. The van der Waals surface area contributed by atoms with Crippen LogP contribution >= 0.6 is 12.2 Å². The van der Waals surface area contributed by atoms with E-state index in [1.807, 2.05) is 0 Å². The Labute approximate surface area is 126 Å². The van der Waals surface area contributed by atoms with E-state index in [4.69, 9.17) is 12.2 Å². The highest BCUT2D eigenvalue weighted by Crippen LogP contribution is 2.35. The first-order valence-electron chi connectivity index (χ1n) is 8.05. The van der Waals surface area contributed by atoms with Gasteiger partial charge in [0.15, 0.2) is 5.11 Å². The number of carbonyl (C=O) groups is 1. The molecule has 1 saturated carbocycles. The Hall–Kier alpha value is -0.840. The van der Waals surface area contributed by atoms with Crippen LogP contribution in [0, 0.1) is 5.92 Å². The van der Waals surface area contributed by atoms with Crippen molar-refractivity contribution in [1.82, 2.24) is 15.5 Å². The zero-order valence-corrected chi connectivity index (χ0v) is 13.0. The van der Waals surface area contributed by atoms with E-state index >= 15 is 0 Å². The molecule has 0 aromatic rings. The van der Waals surface area contributed by atoms with Gasteiger partial charge in [-0.3, -0.25) is 4.79 Å². The smallest absolute Gasteiger partial charge is 0.223 e. The molecule has 3 rings (SSSR count). The number of amides is 1. The van der Waals surface area contributed by atoms with Gasteiger partial charge in [-0.2, -0.15) is 0 Å². The van der Waals surface area contributed by atoms with Crippen molar-refractivity contribution in [3.8, 4) is 0 Å². The Morgan fingerprint density at radius 2 is 1.85 bits per heavy atom. The van der Waals surface area contributed by atoms with Crippen molar-refractivity contribution in [2.24, 2.45) is 5.92 Å². The van der Waals surface area contributed by atoms with E-state index in [0.717, 1.165) is 37.3 Å². The quantitative estimate of drug-likeness (QED) is 0.779. The molecule has 2 N–H and O–H groups in total. The number of carbonyl (C=O) groups excluding carboxylic acids is 1. The van der Waals surface area contributed by atoms with Gasteiger partial charge < -0.3 is 15.5 Å². The summed E-state index contributed by atoms with van der Waals surface area (Å²) in [6, 6.07) is 1.39. The lowest BCUT2D eigenvalue weighted by Gasteiger charge is -2.50. The average molecular weight is 295 g/mol. The number of nitrogens with one attached hydrogen (secondary N) is 2. The third kappa shape index (κ3) is 2.92. The number of rotatable bonds is 3. The predicted molar refractivity (Wildman–Crippen MR) is 83.4 cm³/mol. The van der Waals surface area contributed by atoms with Crippen LogP contribution in [0.4, 0.5) is 0 Å². The highest BCUT2D eigenvalue weighted by atomic mass is 32.1. The molecule has 1 amide bonds. The highest BCUT2D eigenvalue weighted by molar-refractivity contribution is 7.80. The van der Waals surface area contributed by atoms with Gasteiger partial charge in [-0.25, -0.2) is 0 Å². The first-order valence-corrected chi connectivity index (χ1v) is 8.46. The van der Waals surface area contributed by atoms with Gasteiger partial charge >= 0.3 is 0 Å². The van der Waals surface area contributed by atoms with Crippen molar-refractivity contribution < 1.29 is 4.79 Å². The van der Waals surface area contributed by atoms with Crippen LogP contribution in [-0.4, -0.2) is 40.6 Å². The molecular formula is C15H25N3OS. The number of hydrogen-bond donors (Lipinski definition) is 2. The molecule has 1 aliphatic carbocycles. The summed E-state index contributed by atoms with van der Waals surface area (Å²) >= 11 is 5.53. The number of fused-ring (bicyclic) bond motifs is 2. The second-order valence-electron chi connectivity index (χ2n) is 6.43. The standard InChI is InChI=1S/C15H25N3OS/c1-2-16-15(20)18-12-4-3-5-13(18)9-11(8-12)17-14(19)10-6-7-10/h10-13H,2-9H2,1H3,(H,16,20)(H,17,19)/t11?,12-,13+. The average Bonchev–Trinajstić information content (AvgIpc) is 3.22. The topological polar surface area (TPSA) is 44.4 Å². The fraction of sp³-hybridized carbons (Fsp3) is 0.867. The minimum atomic E-state index is 0.288. The van der Waals surface area contributed by atoms with Crippen LogP contribution in [0.3, 0.4) is 0 Å². The van der Waals surface area contributed by atoms with E-state index in [1.54, 1.807) is 0 Å². The van der Waals surface area contributed by atoms with Gasteiger partial charge in [-0.05, 0) is 64.1 Å². The summed E-state index contributed by atoms with van der Waals surface area (Å²) < 4.78 is 0. The largest absolute Gasteiger partial charge is 0.363 e. The van der Waals surface area contributed by atoms with Gasteiger partial charge in [0.25, 0.3) is 0 Å². The molecule has 112 valence electrons. The molecule has 3 atom stereocenters. The Bertz CT molecular complexity index is 383. The van der Waals surface area contributed by atoms with Crippen molar-refractivity contribution in [3.63, 3.8) is 0 Å². The summed E-state index contributed by atoms with van der Waals surface area (Å²) in [5.74, 6) is 0.603. The van der Waals surface area contributed by atoms with Gasteiger partial charge in [-0.1, -0.05) is 0 Å². The van der Waals surface area contributed by atoms with Gasteiger partial charge in [0, 0.05) is 30.6 Å². The number of hydrogen-bond acceptors (Lipinski definition) is 2. The third-order valence-electron chi connectivity index (χ3n) is 4.83. The van der Waals surface area contributed by atoms with Crippen molar-refractivity contribution in [3.05, 3.63) is 0 Å². The maximum absolute atomic E-state index is 11.9. The molecule has 1 unspecified atom stereocenters. The molecular weight excluding hydrogens is 270 g/mol. The molecule has 2 aliphatic heterocycles. The summed E-state index contributed by atoms with van der Waals surface area (Å²) in [6.45, 7) is 2.97. The van der Waals surface area contributed by atoms with Gasteiger partial charge in [0.05, 0.1) is 0 Å². The SMILES string of the molecule is CCNC(=S)N1[C@@H]2CCC[C@H]1CC(NC(=O)C1CC1)C2. The Morgan fingerprint density at radius 1 is 1.20 bits per heavy atom. The molecule has 2 bridgehead atoms. The maximum atomic E-state index is 11.9. The van der Waals surface area contributed by atoms with Gasteiger partial charge in [0.2, 0.25) is 5.91 Å². The van der Waals surface area contributed by atoms with E-state index in [1.165, 1.54) is 19.3 Å². The lowest BCUT2D eigenvalue weighted by molar-refractivity contribution is -0.123. The third-order valence-corrected chi connectivity index (χ3v) is 5.19. The molecule has 0 radical (unpaired) electrons. The second kappa shape index (κ2) is 5.88. The van der Waals surface area contributed by atoms with Crippen LogP contribution in [0.1, 0.15) is 51.9 Å². The fourth-order valence-electron chi connectivity index (χ4n) is 3.74. The van der Waals surface area contributed by atoms with Crippen LogP contribution in [0.25, 0.3) is 0 Å². The lowest BCUT2D eigenvalue weighted by atomic mass is 9.82. The van der Waals surface area contributed by atoms with Crippen molar-refractivity contribution >= 4 is 23.2 Å². The van der Waals surface area contributed by atoms with Crippen molar-refractivity contribution in [2.45, 2.75) is 70.0 Å². The molecule has 20 heavy (non-hydrogen) atoms. The molecule has 0 aromatic heterocycles. The van der Waals surface area contributed by atoms with Crippen molar-refractivity contribution in [2.75, 3.05) is 6.54 Å². The molecule has 0 spiro atoms. The monoisotopic (exact) mass is 295 g/mol. The van der Waals surface area contributed by atoms with Crippen LogP contribution in [0.5, 0.6) is 0 Å². The van der Waals surface area contributed by atoms with Gasteiger partial charge in [0.1, 0.15) is 0 Å². The summed E-state index contributed by atoms with van der Waals surface area (Å²) in [5.41, 5.74) is 0. The minimum Gasteiger partial charge on any atom is -0.363 e. The summed E-state index contributed by atoms with van der Waals surface area (Å²) in [5, 5.41) is 7.48. The van der Waals surface area contributed by atoms with Crippen molar-refractivity contribution in [1.29, 1.82) is 0 Å². The first kappa shape index (κ1) is 14.1. The van der Waals surface area contributed by atoms with Crippen LogP contribution in [-0.2, 0) is 4.79 Å². The first-order chi connectivity index (χ1) is 9.69. The minimum absolute atomic E-state index is 0.288.